The van der Waals surface area contributed by atoms with Crippen molar-refractivity contribution in [2.24, 2.45) is 0 Å². The van der Waals surface area contributed by atoms with Gasteiger partial charge in [0.2, 0.25) is 0 Å². The lowest BCUT2D eigenvalue weighted by Crippen LogP contribution is -2.18. The summed E-state index contributed by atoms with van der Waals surface area (Å²) in [7, 11) is 0. The fraction of sp³-hybridized carbons (Fsp3) is 0.600. The zero-order valence-electron chi connectivity index (χ0n) is 22.3. The van der Waals surface area contributed by atoms with E-state index in [0.29, 0.717) is 11.5 Å². The van der Waals surface area contributed by atoms with Gasteiger partial charge >= 0.3 is 0 Å². The van der Waals surface area contributed by atoms with Crippen LogP contribution in [0.25, 0.3) is 0 Å². The number of aryl methyl sites for hydroxylation is 2. The molecule has 3 heteroatoms. The molecule has 0 bridgehead atoms. The van der Waals surface area contributed by atoms with E-state index < -0.39 is 0 Å². The fourth-order valence-corrected chi connectivity index (χ4v) is 5.70. The predicted octanol–water partition coefficient (Wildman–Crippen LogP) is 9.58. The number of hydrogen-bond donors (Lipinski definition) is 2. The lowest BCUT2D eigenvalue weighted by Gasteiger charge is -2.28. The summed E-state index contributed by atoms with van der Waals surface area (Å²) in [5.74, 6) is 0.803. The Morgan fingerprint density at radius 3 is 1.33 bits per heavy atom. The molecule has 0 aliphatic heterocycles. The summed E-state index contributed by atoms with van der Waals surface area (Å²) >= 11 is 1.75. The average molecular weight is 471 g/mol. The average Bonchev–Trinajstić information content (AvgIpc) is 2.71. The van der Waals surface area contributed by atoms with Crippen LogP contribution in [0.3, 0.4) is 0 Å². The lowest BCUT2D eigenvalue weighted by molar-refractivity contribution is 0.406. The molecule has 2 aromatic carbocycles. The number of hydrogen-bond acceptors (Lipinski definition) is 3. The van der Waals surface area contributed by atoms with Crippen LogP contribution < -0.4 is 0 Å². The molecule has 0 spiro atoms. The number of phenolic OH excluding ortho intramolecular Hbond substituents is 2. The summed E-state index contributed by atoms with van der Waals surface area (Å²) in [6.07, 6.45) is 9.33. The first-order chi connectivity index (χ1) is 15.4. The van der Waals surface area contributed by atoms with Crippen LogP contribution in [0, 0.1) is 13.8 Å². The number of unbranched alkanes of at least 4 members (excludes halogenated alkanes) is 4. The second kappa shape index (κ2) is 11.7. The highest BCUT2D eigenvalue weighted by Gasteiger charge is 2.27. The molecular formula is C30H46O2S. The quantitative estimate of drug-likeness (QED) is 0.303. The number of aromatic hydroxyl groups is 2. The molecule has 2 aromatic rings. The van der Waals surface area contributed by atoms with Gasteiger partial charge in [-0.05, 0) is 72.9 Å². The zero-order chi connectivity index (χ0) is 24.8. The molecule has 0 amide bonds. The third kappa shape index (κ3) is 7.18. The van der Waals surface area contributed by atoms with E-state index in [-0.39, 0.29) is 10.8 Å². The van der Waals surface area contributed by atoms with Crippen LogP contribution in [0.15, 0.2) is 34.1 Å². The van der Waals surface area contributed by atoms with Crippen LogP contribution >= 0.6 is 11.8 Å². The van der Waals surface area contributed by atoms with Crippen LogP contribution in [-0.4, -0.2) is 10.2 Å². The zero-order valence-corrected chi connectivity index (χ0v) is 23.1. The normalized spacial score (nSPS) is 12.4. The lowest BCUT2D eigenvalue weighted by atomic mass is 9.79. The summed E-state index contributed by atoms with van der Waals surface area (Å²) in [4.78, 5) is 2.35. The third-order valence-corrected chi connectivity index (χ3v) is 8.39. The van der Waals surface area contributed by atoms with Crippen LogP contribution in [0.4, 0.5) is 0 Å². The maximum atomic E-state index is 10.8. The van der Waals surface area contributed by atoms with E-state index >= 15 is 0 Å². The summed E-state index contributed by atoms with van der Waals surface area (Å²) in [5, 5.41) is 21.6. The van der Waals surface area contributed by atoms with E-state index in [1.54, 1.807) is 11.8 Å². The Bertz CT molecular complexity index is 852. The third-order valence-electron chi connectivity index (χ3n) is 7.08. The van der Waals surface area contributed by atoms with Crippen LogP contribution in [0.5, 0.6) is 11.5 Å². The Kier molecular flexibility index (Phi) is 9.79. The van der Waals surface area contributed by atoms with Gasteiger partial charge in [-0.25, -0.2) is 0 Å². The van der Waals surface area contributed by atoms with Crippen molar-refractivity contribution in [1.82, 2.24) is 0 Å². The maximum absolute atomic E-state index is 10.8. The van der Waals surface area contributed by atoms with Gasteiger partial charge in [0.1, 0.15) is 11.5 Å². The Balaban J connectivity index is 2.40. The molecule has 33 heavy (non-hydrogen) atoms. The first-order valence-corrected chi connectivity index (χ1v) is 13.6. The van der Waals surface area contributed by atoms with Crippen molar-refractivity contribution < 1.29 is 10.2 Å². The van der Waals surface area contributed by atoms with Gasteiger partial charge in [-0.1, -0.05) is 91.8 Å². The van der Waals surface area contributed by atoms with Crippen molar-refractivity contribution in [2.75, 3.05) is 0 Å². The minimum absolute atomic E-state index is 0.0707. The molecule has 184 valence electrons. The van der Waals surface area contributed by atoms with E-state index in [4.69, 9.17) is 0 Å². The smallest absolute Gasteiger partial charge is 0.119 e. The van der Waals surface area contributed by atoms with Crippen molar-refractivity contribution >= 4 is 11.8 Å². The first-order valence-electron chi connectivity index (χ1n) is 12.8. The largest absolute Gasteiger partial charge is 0.508 e. The van der Waals surface area contributed by atoms with Gasteiger partial charge in [0.25, 0.3) is 0 Å². The van der Waals surface area contributed by atoms with E-state index in [1.165, 1.54) is 48.3 Å². The molecule has 0 aliphatic rings. The van der Waals surface area contributed by atoms with Gasteiger partial charge in [-0.2, -0.15) is 0 Å². The van der Waals surface area contributed by atoms with Crippen LogP contribution in [-0.2, 0) is 10.8 Å². The first kappa shape index (κ1) is 27.6. The van der Waals surface area contributed by atoms with Crippen molar-refractivity contribution in [3.05, 3.63) is 46.5 Å². The predicted molar refractivity (Wildman–Crippen MR) is 144 cm³/mol. The van der Waals surface area contributed by atoms with Gasteiger partial charge in [0.15, 0.2) is 0 Å². The Morgan fingerprint density at radius 1 is 0.636 bits per heavy atom. The topological polar surface area (TPSA) is 40.5 Å². The molecule has 0 atom stereocenters. The monoisotopic (exact) mass is 470 g/mol. The molecule has 0 unspecified atom stereocenters. The SMILES string of the molecule is CCCCCC(C)(C)c1cc(Sc2cc(C(C)(C)CCCCC)c(O)cc2C)c(C)cc1O. The minimum atomic E-state index is -0.0707. The van der Waals surface area contributed by atoms with Crippen molar-refractivity contribution in [1.29, 1.82) is 0 Å². The Labute approximate surface area is 207 Å². The van der Waals surface area contributed by atoms with E-state index in [9.17, 15) is 10.2 Å². The molecule has 2 N–H and O–H groups in total. The van der Waals surface area contributed by atoms with Gasteiger partial charge in [0, 0.05) is 20.9 Å². The second-order valence-electron chi connectivity index (χ2n) is 11.1. The maximum Gasteiger partial charge on any atom is 0.119 e. The molecule has 2 nitrogen and oxygen atoms in total. The summed E-state index contributed by atoms with van der Waals surface area (Å²) in [6, 6.07) is 8.23. The summed E-state index contributed by atoms with van der Waals surface area (Å²) in [6.45, 7) is 17.6. The van der Waals surface area contributed by atoms with Gasteiger partial charge in [-0.3, -0.25) is 0 Å². The van der Waals surface area contributed by atoms with Gasteiger partial charge in [-0.15, -0.1) is 0 Å². The number of phenols is 2. The van der Waals surface area contributed by atoms with Crippen molar-refractivity contribution in [2.45, 2.75) is 127 Å². The van der Waals surface area contributed by atoms with Crippen LogP contribution in [0.2, 0.25) is 0 Å². The molecule has 0 radical (unpaired) electrons. The molecule has 0 saturated heterocycles. The molecule has 0 saturated carbocycles. The highest BCUT2D eigenvalue weighted by atomic mass is 32.2. The second-order valence-corrected chi connectivity index (χ2v) is 12.1. The van der Waals surface area contributed by atoms with E-state index in [1.807, 2.05) is 12.1 Å². The van der Waals surface area contributed by atoms with Crippen molar-refractivity contribution in [3.63, 3.8) is 0 Å². The fourth-order valence-electron chi connectivity index (χ4n) is 4.67. The number of benzene rings is 2. The van der Waals surface area contributed by atoms with E-state index in [2.05, 4.69) is 67.5 Å². The highest BCUT2D eigenvalue weighted by Crippen LogP contribution is 2.44. The molecule has 0 aromatic heterocycles. The highest BCUT2D eigenvalue weighted by molar-refractivity contribution is 7.99. The van der Waals surface area contributed by atoms with E-state index in [0.717, 1.165) is 35.1 Å². The Hall–Kier alpha value is -1.61. The van der Waals surface area contributed by atoms with Gasteiger partial charge < -0.3 is 10.2 Å². The standard InChI is InChI=1S/C30H46O2S/c1-9-11-13-15-29(5,6)23-19-27(21(3)17-25(23)31)33-28-20-24(26(32)18-22(28)4)30(7,8)16-14-12-10-2/h17-20,31-32H,9-16H2,1-8H3. The minimum Gasteiger partial charge on any atom is -0.508 e. The molecule has 2 rings (SSSR count). The summed E-state index contributed by atoms with van der Waals surface area (Å²) in [5.41, 5.74) is 4.09. The molecule has 0 fully saturated rings. The van der Waals surface area contributed by atoms with Crippen LogP contribution in [0.1, 0.15) is 115 Å². The number of rotatable bonds is 12. The molecule has 0 aliphatic carbocycles. The van der Waals surface area contributed by atoms with Crippen molar-refractivity contribution in [3.8, 4) is 11.5 Å². The molecule has 0 heterocycles. The Morgan fingerprint density at radius 2 is 1.00 bits per heavy atom. The molecular weight excluding hydrogens is 424 g/mol. The van der Waals surface area contributed by atoms with Gasteiger partial charge in [0.05, 0.1) is 0 Å². The summed E-state index contributed by atoms with van der Waals surface area (Å²) < 4.78 is 0.